The van der Waals surface area contributed by atoms with E-state index in [1.807, 2.05) is 6.92 Å². The van der Waals surface area contributed by atoms with Gasteiger partial charge in [0.05, 0.1) is 6.26 Å². The second-order valence-electron chi connectivity index (χ2n) is 4.65. The number of nitrogens with zero attached hydrogens (tertiary/aromatic N) is 3. The molecule has 5 nitrogen and oxygen atoms in total. The van der Waals surface area contributed by atoms with Gasteiger partial charge in [0, 0.05) is 24.7 Å². The van der Waals surface area contributed by atoms with E-state index >= 15 is 0 Å². The molecule has 1 aliphatic rings. The summed E-state index contributed by atoms with van der Waals surface area (Å²) in [5, 5.41) is 0.411. The van der Waals surface area contributed by atoms with Crippen LogP contribution in [0.3, 0.4) is 0 Å². The Morgan fingerprint density at radius 2 is 2.17 bits per heavy atom. The number of aromatic nitrogens is 2. The Bertz CT molecular complexity index is 527. The van der Waals surface area contributed by atoms with Crippen LogP contribution in [0.1, 0.15) is 30.3 Å². The predicted molar refractivity (Wildman–Crippen MR) is 70.2 cm³/mol. The van der Waals surface area contributed by atoms with Crippen molar-refractivity contribution in [2.24, 2.45) is 0 Å². The van der Waals surface area contributed by atoms with Crippen LogP contribution in [0.25, 0.3) is 0 Å². The molecule has 0 aliphatic carbocycles. The van der Waals surface area contributed by atoms with E-state index in [9.17, 15) is 8.42 Å². The maximum Gasteiger partial charge on any atom is 0.211 e. The predicted octanol–water partition coefficient (Wildman–Crippen LogP) is 1.58. The van der Waals surface area contributed by atoms with Crippen molar-refractivity contribution in [2.75, 3.05) is 19.3 Å². The van der Waals surface area contributed by atoms with Crippen molar-refractivity contribution in [1.29, 1.82) is 0 Å². The number of hydrogen-bond donors (Lipinski definition) is 0. The lowest BCUT2D eigenvalue weighted by atomic mass is 9.99. The van der Waals surface area contributed by atoms with E-state index in [0.717, 1.165) is 18.5 Å². The molecule has 18 heavy (non-hydrogen) atoms. The summed E-state index contributed by atoms with van der Waals surface area (Å²) < 4.78 is 24.6. The van der Waals surface area contributed by atoms with Crippen LogP contribution in [0.2, 0.25) is 5.15 Å². The van der Waals surface area contributed by atoms with Gasteiger partial charge in [0.2, 0.25) is 10.0 Å². The van der Waals surface area contributed by atoms with Gasteiger partial charge in [-0.3, -0.25) is 0 Å². The van der Waals surface area contributed by atoms with Gasteiger partial charge in [-0.25, -0.2) is 22.7 Å². The monoisotopic (exact) mass is 289 g/mol. The lowest BCUT2D eigenvalue weighted by Gasteiger charge is -2.30. The summed E-state index contributed by atoms with van der Waals surface area (Å²) in [5.41, 5.74) is 0.807. The number of piperidine rings is 1. The quantitative estimate of drug-likeness (QED) is 0.776. The molecular formula is C11H16ClN3O2S. The summed E-state index contributed by atoms with van der Waals surface area (Å²) in [6.45, 7) is 2.88. The first-order valence-corrected chi connectivity index (χ1v) is 8.05. The second-order valence-corrected chi connectivity index (χ2v) is 7.02. The van der Waals surface area contributed by atoms with Gasteiger partial charge in [0.25, 0.3) is 0 Å². The number of halogens is 1. The van der Waals surface area contributed by atoms with Gasteiger partial charge >= 0.3 is 0 Å². The first-order chi connectivity index (χ1) is 8.36. The fraction of sp³-hybridized carbons (Fsp3) is 0.636. The van der Waals surface area contributed by atoms with E-state index < -0.39 is 10.0 Å². The largest absolute Gasteiger partial charge is 0.238 e. The maximum atomic E-state index is 11.6. The molecule has 0 bridgehead atoms. The Hall–Kier alpha value is -0.720. The van der Waals surface area contributed by atoms with E-state index in [1.54, 1.807) is 6.07 Å². The van der Waals surface area contributed by atoms with Crippen LogP contribution in [0.4, 0.5) is 0 Å². The van der Waals surface area contributed by atoms with E-state index in [4.69, 9.17) is 11.6 Å². The van der Waals surface area contributed by atoms with Crippen LogP contribution in [0.15, 0.2) is 6.07 Å². The van der Waals surface area contributed by atoms with Crippen molar-refractivity contribution in [2.45, 2.75) is 25.7 Å². The summed E-state index contributed by atoms with van der Waals surface area (Å²) in [5.74, 6) is 0.680. The summed E-state index contributed by atoms with van der Waals surface area (Å²) in [7, 11) is -3.14. The average molecular weight is 290 g/mol. The number of hydrogen-bond acceptors (Lipinski definition) is 4. The lowest BCUT2D eigenvalue weighted by molar-refractivity contribution is 0.311. The van der Waals surface area contributed by atoms with Gasteiger partial charge in [-0.1, -0.05) is 11.6 Å². The number of rotatable bonds is 2. The van der Waals surface area contributed by atoms with Gasteiger partial charge in [0.1, 0.15) is 11.0 Å². The first-order valence-electron chi connectivity index (χ1n) is 5.82. The van der Waals surface area contributed by atoms with Crippen LogP contribution in [-0.4, -0.2) is 42.0 Å². The first kappa shape index (κ1) is 13.7. The van der Waals surface area contributed by atoms with Gasteiger partial charge in [-0.15, -0.1) is 0 Å². The highest BCUT2D eigenvalue weighted by Gasteiger charge is 2.28. The Morgan fingerprint density at radius 3 is 2.78 bits per heavy atom. The molecule has 1 aromatic heterocycles. The Labute approximate surface area is 112 Å². The van der Waals surface area contributed by atoms with Crippen LogP contribution in [0.5, 0.6) is 0 Å². The van der Waals surface area contributed by atoms with Crippen LogP contribution < -0.4 is 0 Å². The summed E-state index contributed by atoms with van der Waals surface area (Å²) in [4.78, 5) is 8.56. The van der Waals surface area contributed by atoms with Gasteiger partial charge < -0.3 is 0 Å². The van der Waals surface area contributed by atoms with Gasteiger partial charge in [-0.2, -0.15) is 0 Å². The van der Waals surface area contributed by atoms with Crippen molar-refractivity contribution < 1.29 is 8.42 Å². The van der Waals surface area contributed by atoms with Crippen molar-refractivity contribution in [3.8, 4) is 0 Å². The normalized spacial score (nSPS) is 22.1. The Kier molecular flexibility index (Phi) is 3.89. The second kappa shape index (κ2) is 5.11. The highest BCUT2D eigenvalue weighted by Crippen LogP contribution is 2.26. The minimum Gasteiger partial charge on any atom is -0.238 e. The Morgan fingerprint density at radius 1 is 1.44 bits per heavy atom. The maximum absolute atomic E-state index is 11.6. The molecule has 0 amide bonds. The van der Waals surface area contributed by atoms with E-state index in [1.165, 1.54) is 10.6 Å². The molecule has 0 unspecified atom stereocenters. The summed E-state index contributed by atoms with van der Waals surface area (Å²) in [6, 6.07) is 1.70. The van der Waals surface area contributed by atoms with Crippen molar-refractivity contribution >= 4 is 21.6 Å². The van der Waals surface area contributed by atoms with Crippen molar-refractivity contribution in [3.05, 3.63) is 22.7 Å². The molecule has 0 spiro atoms. The minimum absolute atomic E-state index is 0.0332. The number of aryl methyl sites for hydroxylation is 1. The Balaban J connectivity index is 2.23. The topological polar surface area (TPSA) is 63.2 Å². The van der Waals surface area contributed by atoms with Crippen LogP contribution in [-0.2, 0) is 10.0 Å². The zero-order valence-electron chi connectivity index (χ0n) is 10.4. The van der Waals surface area contributed by atoms with Crippen molar-refractivity contribution in [3.63, 3.8) is 0 Å². The van der Waals surface area contributed by atoms with E-state index in [-0.39, 0.29) is 5.92 Å². The molecule has 1 saturated heterocycles. The van der Waals surface area contributed by atoms with Crippen molar-refractivity contribution in [1.82, 2.24) is 14.3 Å². The third-order valence-electron chi connectivity index (χ3n) is 3.06. The minimum atomic E-state index is -3.14. The highest BCUT2D eigenvalue weighted by atomic mass is 35.5. The van der Waals surface area contributed by atoms with Crippen LogP contribution in [0, 0.1) is 6.92 Å². The molecule has 2 heterocycles. The van der Waals surface area contributed by atoms with E-state index in [0.29, 0.717) is 24.1 Å². The fourth-order valence-electron chi connectivity index (χ4n) is 2.19. The SMILES string of the molecule is Cc1cc(Cl)nc([C@@H]2CCCN(S(C)(=O)=O)C2)n1. The number of sulfonamides is 1. The zero-order valence-corrected chi connectivity index (χ0v) is 12.0. The molecule has 1 fully saturated rings. The summed E-state index contributed by atoms with van der Waals surface area (Å²) >= 11 is 5.91. The van der Waals surface area contributed by atoms with Gasteiger partial charge in [0.15, 0.2) is 0 Å². The van der Waals surface area contributed by atoms with Crippen LogP contribution >= 0.6 is 11.6 Å². The molecule has 7 heteroatoms. The molecule has 1 atom stereocenters. The third-order valence-corrected chi connectivity index (χ3v) is 4.52. The standard InChI is InChI=1S/C11H16ClN3O2S/c1-8-6-10(12)14-11(13-8)9-4-3-5-15(7-9)18(2,16)17/h6,9H,3-5,7H2,1-2H3/t9-/m1/s1. The third kappa shape index (κ3) is 3.18. The molecule has 1 aromatic rings. The molecule has 1 aliphatic heterocycles. The van der Waals surface area contributed by atoms with Gasteiger partial charge in [-0.05, 0) is 25.8 Å². The molecule has 100 valence electrons. The van der Waals surface area contributed by atoms with E-state index in [2.05, 4.69) is 9.97 Å². The highest BCUT2D eigenvalue weighted by molar-refractivity contribution is 7.88. The zero-order chi connectivity index (χ0) is 13.3. The molecular weight excluding hydrogens is 274 g/mol. The fourth-order valence-corrected chi connectivity index (χ4v) is 3.34. The summed E-state index contributed by atoms with van der Waals surface area (Å²) in [6.07, 6.45) is 2.96. The molecule has 0 aromatic carbocycles. The molecule has 0 radical (unpaired) electrons. The molecule has 0 saturated carbocycles. The lowest BCUT2D eigenvalue weighted by Crippen LogP contribution is -2.38. The molecule has 2 rings (SSSR count). The molecule has 0 N–H and O–H groups in total. The smallest absolute Gasteiger partial charge is 0.211 e. The average Bonchev–Trinajstić information content (AvgIpc) is 2.27.